The minimum absolute atomic E-state index is 0.0462. The van der Waals surface area contributed by atoms with Gasteiger partial charge in [-0.1, -0.05) is 29.8 Å². The van der Waals surface area contributed by atoms with Crippen molar-refractivity contribution in [3.05, 3.63) is 59.7 Å². The normalized spacial score (nSPS) is 11.6. The molecule has 162 valence electrons. The Morgan fingerprint density at radius 3 is 2.03 bits per heavy atom. The van der Waals surface area contributed by atoms with Crippen LogP contribution in [-0.2, 0) is 35.3 Å². The lowest BCUT2D eigenvalue weighted by atomic mass is 10.2. The predicted octanol–water partition coefficient (Wildman–Crippen LogP) is 4.12. The Balaban J connectivity index is 2.34. The van der Waals surface area contributed by atoms with Gasteiger partial charge >= 0.3 is 22.2 Å². The molecule has 0 N–H and O–H groups in total. The van der Waals surface area contributed by atoms with Crippen molar-refractivity contribution in [3.8, 4) is 0 Å². The lowest BCUT2D eigenvalue weighted by molar-refractivity contribution is -0.142. The average molecular weight is 435 g/mol. The van der Waals surface area contributed by atoms with Crippen molar-refractivity contribution in [2.24, 2.45) is 0 Å². The van der Waals surface area contributed by atoms with Crippen molar-refractivity contribution in [2.45, 2.75) is 51.7 Å². The molecule has 0 aliphatic carbocycles. The molecule has 1 amide bonds. The highest BCUT2D eigenvalue weighted by atomic mass is 32.2. The summed E-state index contributed by atoms with van der Waals surface area (Å²) < 4.78 is 40.8. The molecule has 0 heterocycles. The molecule has 0 atom stereocenters. The van der Waals surface area contributed by atoms with E-state index >= 15 is 0 Å². The molecule has 0 saturated heterocycles. The second kappa shape index (κ2) is 9.27. The van der Waals surface area contributed by atoms with Gasteiger partial charge in [-0.3, -0.25) is 4.79 Å². The van der Waals surface area contributed by atoms with E-state index in [1.165, 1.54) is 31.2 Å². The third-order valence-corrected chi connectivity index (χ3v) is 4.85. The number of esters is 1. The van der Waals surface area contributed by atoms with Crippen molar-refractivity contribution in [1.29, 1.82) is 0 Å². The zero-order valence-corrected chi connectivity index (χ0v) is 18.4. The predicted molar refractivity (Wildman–Crippen MR) is 110 cm³/mol. The maximum atomic E-state index is 12.7. The van der Waals surface area contributed by atoms with Crippen molar-refractivity contribution in [1.82, 2.24) is 0 Å². The number of carbonyl (C=O) groups is 2. The van der Waals surface area contributed by atoms with Crippen LogP contribution in [-0.4, -0.2) is 26.1 Å². The lowest BCUT2D eigenvalue weighted by Crippen LogP contribution is -2.38. The Hall–Kier alpha value is -2.91. The van der Waals surface area contributed by atoms with Crippen LogP contribution in [0.5, 0.6) is 0 Å². The van der Waals surface area contributed by atoms with E-state index in [4.69, 9.17) is 13.8 Å². The lowest BCUT2D eigenvalue weighted by Gasteiger charge is -2.26. The molecule has 0 bridgehead atoms. The number of carbonyl (C=O) groups excluding carboxylic acids is 2. The number of hydrogen-bond donors (Lipinski definition) is 0. The molecule has 0 aliphatic heterocycles. The maximum Gasteiger partial charge on any atom is 0.440 e. The van der Waals surface area contributed by atoms with Gasteiger partial charge in [0, 0.05) is 6.92 Å². The number of hydroxylamine groups is 1. The van der Waals surface area contributed by atoms with Gasteiger partial charge in [0.25, 0.3) is 0 Å². The molecule has 0 spiro atoms. The molecule has 9 heteroatoms. The average Bonchev–Trinajstić information content (AvgIpc) is 2.64. The maximum absolute atomic E-state index is 12.7. The van der Waals surface area contributed by atoms with Gasteiger partial charge in [-0.2, -0.15) is 8.42 Å². The second-order valence-corrected chi connectivity index (χ2v) is 9.09. The fourth-order valence-electron chi connectivity index (χ4n) is 2.24. The highest BCUT2D eigenvalue weighted by Gasteiger charge is 2.30. The van der Waals surface area contributed by atoms with Gasteiger partial charge in [-0.05, 0) is 57.5 Å². The van der Waals surface area contributed by atoms with E-state index in [2.05, 4.69) is 0 Å². The van der Waals surface area contributed by atoms with E-state index in [0.29, 0.717) is 10.6 Å². The molecule has 2 aromatic carbocycles. The molecule has 0 saturated carbocycles. The first-order chi connectivity index (χ1) is 13.9. The van der Waals surface area contributed by atoms with Crippen molar-refractivity contribution < 1.29 is 31.8 Å². The summed E-state index contributed by atoms with van der Waals surface area (Å²) in [5.74, 6) is -0.429. The van der Waals surface area contributed by atoms with Crippen molar-refractivity contribution in [3.63, 3.8) is 0 Å². The molecule has 8 nitrogen and oxygen atoms in total. The van der Waals surface area contributed by atoms with Gasteiger partial charge in [0.1, 0.15) is 12.2 Å². The molecule has 2 aromatic rings. The zero-order valence-electron chi connectivity index (χ0n) is 17.5. The Labute approximate surface area is 176 Å². The minimum atomic E-state index is -4.30. The monoisotopic (exact) mass is 435 g/mol. The number of anilines is 1. The Kier molecular flexibility index (Phi) is 7.22. The number of benzene rings is 2. The fraction of sp³-hybridized carbons (Fsp3) is 0.333. The molecule has 0 fully saturated rings. The summed E-state index contributed by atoms with van der Waals surface area (Å²) in [6.45, 7) is 8.12. The van der Waals surface area contributed by atoms with Gasteiger partial charge in [-0.25, -0.2) is 4.79 Å². The van der Waals surface area contributed by atoms with Crippen LogP contribution in [0, 0.1) is 6.92 Å². The van der Waals surface area contributed by atoms with Gasteiger partial charge in [-0.15, -0.1) is 9.35 Å². The van der Waals surface area contributed by atoms with Crippen LogP contribution in [0.25, 0.3) is 0 Å². The Morgan fingerprint density at radius 1 is 0.967 bits per heavy atom. The molecule has 0 aromatic heterocycles. The van der Waals surface area contributed by atoms with Crippen LogP contribution in [0.1, 0.15) is 38.8 Å². The number of rotatable bonds is 6. The quantitative estimate of drug-likeness (QED) is 0.497. The second-order valence-electron chi connectivity index (χ2n) is 7.56. The molecule has 0 unspecified atom stereocenters. The van der Waals surface area contributed by atoms with E-state index in [0.717, 1.165) is 5.56 Å². The standard InChI is InChI=1S/C21H25NO7S/c1-15-6-12-19(13-7-15)30(25,26)29-22(20(24)28-21(3,4)5)18-10-8-17(9-11-18)14-27-16(2)23/h6-13H,14H2,1-5H3. The highest BCUT2D eigenvalue weighted by molar-refractivity contribution is 7.86. The van der Waals surface area contributed by atoms with E-state index in [1.54, 1.807) is 45.0 Å². The van der Waals surface area contributed by atoms with Crippen LogP contribution in [0.15, 0.2) is 53.4 Å². The van der Waals surface area contributed by atoms with E-state index in [1.807, 2.05) is 6.92 Å². The van der Waals surface area contributed by atoms with Crippen LogP contribution < -0.4 is 5.06 Å². The summed E-state index contributed by atoms with van der Waals surface area (Å²) in [4.78, 5) is 23.5. The summed E-state index contributed by atoms with van der Waals surface area (Å²) >= 11 is 0. The number of amides is 1. The van der Waals surface area contributed by atoms with Crippen LogP contribution in [0.4, 0.5) is 10.5 Å². The summed E-state index contributed by atoms with van der Waals surface area (Å²) in [6, 6.07) is 12.1. The first kappa shape index (κ1) is 23.4. The number of hydrogen-bond acceptors (Lipinski definition) is 7. The molecule has 0 aliphatic rings. The molecule has 2 rings (SSSR count). The first-order valence-corrected chi connectivity index (χ1v) is 10.5. The summed E-state index contributed by atoms with van der Waals surface area (Å²) in [5.41, 5.74) is 0.786. The van der Waals surface area contributed by atoms with Crippen LogP contribution in [0.3, 0.4) is 0 Å². The van der Waals surface area contributed by atoms with Crippen LogP contribution >= 0.6 is 0 Å². The van der Waals surface area contributed by atoms with Gasteiger partial charge < -0.3 is 9.47 Å². The largest absolute Gasteiger partial charge is 0.461 e. The van der Waals surface area contributed by atoms with E-state index in [9.17, 15) is 18.0 Å². The number of nitrogens with zero attached hydrogens (tertiary/aromatic N) is 1. The Bertz CT molecular complexity index is 991. The molecular weight excluding hydrogens is 410 g/mol. The molecule has 30 heavy (non-hydrogen) atoms. The fourth-order valence-corrected chi connectivity index (χ4v) is 3.14. The zero-order chi connectivity index (χ0) is 22.5. The van der Waals surface area contributed by atoms with Crippen molar-refractivity contribution >= 4 is 27.9 Å². The van der Waals surface area contributed by atoms with E-state index < -0.39 is 27.8 Å². The first-order valence-electron chi connectivity index (χ1n) is 9.14. The van der Waals surface area contributed by atoms with Crippen LogP contribution in [0.2, 0.25) is 0 Å². The van der Waals surface area contributed by atoms with Gasteiger partial charge in [0.2, 0.25) is 0 Å². The Morgan fingerprint density at radius 2 is 1.53 bits per heavy atom. The number of aryl methyl sites for hydroxylation is 1. The SMILES string of the molecule is CC(=O)OCc1ccc(N(OS(=O)(=O)c2ccc(C)cc2)C(=O)OC(C)(C)C)cc1. The summed E-state index contributed by atoms with van der Waals surface area (Å²) in [7, 11) is -4.30. The summed E-state index contributed by atoms with van der Waals surface area (Å²) in [6.07, 6.45) is -0.995. The minimum Gasteiger partial charge on any atom is -0.461 e. The third kappa shape index (κ3) is 6.85. The third-order valence-electron chi connectivity index (χ3n) is 3.65. The number of ether oxygens (including phenoxy) is 2. The van der Waals surface area contributed by atoms with Gasteiger partial charge in [0.05, 0.1) is 10.6 Å². The van der Waals surface area contributed by atoms with Gasteiger partial charge in [0.15, 0.2) is 0 Å². The van der Waals surface area contributed by atoms with E-state index in [-0.39, 0.29) is 17.2 Å². The highest BCUT2D eigenvalue weighted by Crippen LogP contribution is 2.24. The smallest absolute Gasteiger partial charge is 0.440 e. The van der Waals surface area contributed by atoms with Crippen molar-refractivity contribution in [2.75, 3.05) is 5.06 Å². The topological polar surface area (TPSA) is 99.2 Å². The molecule has 0 radical (unpaired) electrons. The summed E-state index contributed by atoms with van der Waals surface area (Å²) in [5, 5.41) is 0.579. The molecular formula is C21H25NO7S.